The Labute approximate surface area is 181 Å². The smallest absolute Gasteiger partial charge is 0.251 e. The molecule has 6 nitrogen and oxygen atoms in total. The van der Waals surface area contributed by atoms with E-state index in [4.69, 9.17) is 4.74 Å². The Balaban J connectivity index is 1.62. The normalized spacial score (nSPS) is 12.8. The van der Waals surface area contributed by atoms with Crippen molar-refractivity contribution in [3.63, 3.8) is 0 Å². The van der Waals surface area contributed by atoms with Gasteiger partial charge in [0, 0.05) is 17.7 Å². The Morgan fingerprint density at radius 1 is 1.06 bits per heavy atom. The van der Waals surface area contributed by atoms with Gasteiger partial charge in [-0.3, -0.25) is 4.79 Å². The Bertz CT molecular complexity index is 1120. The first-order valence-corrected chi connectivity index (χ1v) is 11.1. The van der Waals surface area contributed by atoms with Crippen LogP contribution in [0.15, 0.2) is 71.6 Å². The molecule has 31 heavy (non-hydrogen) atoms. The Hall–Kier alpha value is -3.07. The van der Waals surface area contributed by atoms with Crippen molar-refractivity contribution in [1.82, 2.24) is 10.0 Å². The fraction of sp³-hybridized carbons (Fsp3) is 0.174. The zero-order valence-electron chi connectivity index (χ0n) is 17.2. The highest BCUT2D eigenvalue weighted by Gasteiger charge is 2.19. The molecule has 0 saturated carbocycles. The fourth-order valence-corrected chi connectivity index (χ4v) is 4.03. The summed E-state index contributed by atoms with van der Waals surface area (Å²) in [7, 11) is -2.15. The molecule has 1 amide bonds. The van der Waals surface area contributed by atoms with Crippen LogP contribution >= 0.6 is 0 Å². The summed E-state index contributed by atoms with van der Waals surface area (Å²) >= 11 is 0. The molecule has 3 aromatic rings. The number of sulfonamides is 1. The van der Waals surface area contributed by atoms with Crippen LogP contribution in [0.1, 0.15) is 15.9 Å². The molecule has 1 unspecified atom stereocenters. The molecule has 0 aromatic heterocycles. The molecular formula is C23H23FN2O4S. The summed E-state index contributed by atoms with van der Waals surface area (Å²) in [6, 6.07) is 17.4. The summed E-state index contributed by atoms with van der Waals surface area (Å²) < 4.78 is 46.0. The summed E-state index contributed by atoms with van der Waals surface area (Å²) in [5, 5.41) is 2.68. The molecule has 0 heterocycles. The second kappa shape index (κ2) is 9.82. The quantitative estimate of drug-likeness (QED) is 0.411. The molecule has 3 rings (SSSR count). The van der Waals surface area contributed by atoms with Crippen LogP contribution in [-0.4, -0.2) is 30.7 Å². The molecule has 8 heteroatoms. The SMILES string of the molecule is COc1ccc(F)cc1-c1cccc(C(=O)NCCN[S+](=O)([O-])c2ccc(C)cc2)c1. The number of aryl methyl sites for hydroxylation is 1. The summed E-state index contributed by atoms with van der Waals surface area (Å²) in [5.74, 6) is -0.289. The first-order chi connectivity index (χ1) is 14.8. The van der Waals surface area contributed by atoms with Gasteiger partial charge in [0.2, 0.25) is 0 Å². The number of methoxy groups -OCH3 is 1. The minimum atomic E-state index is -3.64. The molecule has 3 aromatic carbocycles. The molecule has 0 aliphatic heterocycles. The maximum Gasteiger partial charge on any atom is 0.251 e. The molecule has 0 radical (unpaired) electrons. The minimum absolute atomic E-state index is 0.0410. The van der Waals surface area contributed by atoms with Gasteiger partial charge < -0.3 is 14.6 Å². The lowest BCUT2D eigenvalue weighted by Gasteiger charge is -2.15. The van der Waals surface area contributed by atoms with E-state index in [0.717, 1.165) is 5.56 Å². The van der Waals surface area contributed by atoms with Crippen LogP contribution < -0.4 is 14.8 Å². The van der Waals surface area contributed by atoms with Crippen LogP contribution in [0.5, 0.6) is 5.75 Å². The molecule has 0 saturated heterocycles. The Kier molecular flexibility index (Phi) is 7.17. The van der Waals surface area contributed by atoms with Crippen molar-refractivity contribution in [3.05, 3.63) is 83.7 Å². The molecule has 0 bridgehead atoms. The van der Waals surface area contributed by atoms with E-state index in [1.54, 1.807) is 36.4 Å². The van der Waals surface area contributed by atoms with Crippen LogP contribution in [0, 0.1) is 12.7 Å². The second-order valence-electron chi connectivity index (χ2n) is 6.89. The average Bonchev–Trinajstić information content (AvgIpc) is 2.77. The van der Waals surface area contributed by atoms with Crippen molar-refractivity contribution < 1.29 is 22.7 Å². The predicted octanol–water partition coefficient (Wildman–Crippen LogP) is 3.73. The highest BCUT2D eigenvalue weighted by atomic mass is 32.3. The Morgan fingerprint density at radius 2 is 1.81 bits per heavy atom. The minimum Gasteiger partial charge on any atom is -0.593 e. The number of carbonyl (C=O) groups excluding carboxylic acids is 1. The maximum absolute atomic E-state index is 13.7. The number of carbonyl (C=O) groups is 1. The van der Waals surface area contributed by atoms with Crippen LogP contribution in [0.2, 0.25) is 0 Å². The van der Waals surface area contributed by atoms with E-state index in [1.807, 2.05) is 6.92 Å². The standard InChI is InChI=1S/C23H23FN2O4S/c1-16-6-9-20(10-7-16)31(28,29)26-13-12-25-23(27)18-5-3-4-17(14-18)21-15-19(24)8-11-22(21)30-2/h3-11,14-15H,12-13H2,1-2H3,(H2-,25,26,27,28,29). The number of rotatable bonds is 8. The van der Waals surface area contributed by atoms with E-state index in [-0.39, 0.29) is 23.9 Å². The summed E-state index contributed by atoms with van der Waals surface area (Å²) in [5.41, 5.74) is 2.49. The predicted molar refractivity (Wildman–Crippen MR) is 117 cm³/mol. The monoisotopic (exact) mass is 442 g/mol. The third-order valence-electron chi connectivity index (χ3n) is 4.63. The van der Waals surface area contributed by atoms with E-state index < -0.39 is 16.2 Å². The van der Waals surface area contributed by atoms with Crippen molar-refractivity contribution >= 4 is 16.3 Å². The first kappa shape index (κ1) is 22.6. The van der Waals surface area contributed by atoms with E-state index in [1.165, 1.54) is 37.4 Å². The van der Waals surface area contributed by atoms with Gasteiger partial charge in [0.25, 0.3) is 5.91 Å². The lowest BCUT2D eigenvalue weighted by Crippen LogP contribution is -2.37. The Morgan fingerprint density at radius 3 is 2.52 bits per heavy atom. The molecule has 1 atom stereocenters. The summed E-state index contributed by atoms with van der Waals surface area (Å²) in [4.78, 5) is 12.7. The van der Waals surface area contributed by atoms with E-state index in [2.05, 4.69) is 10.0 Å². The topological polar surface area (TPSA) is 90.5 Å². The number of amides is 1. The highest BCUT2D eigenvalue weighted by Crippen LogP contribution is 2.31. The van der Waals surface area contributed by atoms with Gasteiger partial charge in [0.1, 0.15) is 11.6 Å². The number of nitrogens with one attached hydrogen (secondary N) is 2. The maximum atomic E-state index is 13.7. The molecule has 162 valence electrons. The number of ether oxygens (including phenoxy) is 1. The molecule has 0 aliphatic carbocycles. The summed E-state index contributed by atoms with van der Waals surface area (Å²) in [6.07, 6.45) is 0. The fourth-order valence-electron chi connectivity index (χ4n) is 3.00. The van der Waals surface area contributed by atoms with Gasteiger partial charge in [0.05, 0.1) is 13.7 Å². The average molecular weight is 443 g/mol. The van der Waals surface area contributed by atoms with Gasteiger partial charge in [-0.05, 0) is 55.0 Å². The molecule has 0 fully saturated rings. The molecular weight excluding hydrogens is 419 g/mol. The molecule has 0 aliphatic rings. The van der Waals surface area contributed by atoms with Crippen molar-refractivity contribution in [1.29, 1.82) is 0 Å². The highest BCUT2D eigenvalue weighted by molar-refractivity contribution is 7.95. The van der Waals surface area contributed by atoms with Gasteiger partial charge in [-0.15, -0.1) is 4.72 Å². The zero-order chi connectivity index (χ0) is 22.4. The van der Waals surface area contributed by atoms with E-state index >= 15 is 0 Å². The number of hydrogen-bond donors (Lipinski definition) is 2. The van der Waals surface area contributed by atoms with Gasteiger partial charge in [-0.2, -0.15) is 0 Å². The number of benzene rings is 3. The van der Waals surface area contributed by atoms with Gasteiger partial charge in [-0.1, -0.05) is 34.0 Å². The van der Waals surface area contributed by atoms with Crippen molar-refractivity contribution in [2.75, 3.05) is 20.2 Å². The number of halogens is 1. The van der Waals surface area contributed by atoms with Crippen LogP contribution in [0.4, 0.5) is 4.39 Å². The first-order valence-electron chi connectivity index (χ1n) is 9.58. The van der Waals surface area contributed by atoms with Crippen LogP contribution in [0.25, 0.3) is 11.1 Å². The summed E-state index contributed by atoms with van der Waals surface area (Å²) in [6.45, 7) is 2.02. The van der Waals surface area contributed by atoms with Crippen LogP contribution in [0.3, 0.4) is 0 Å². The zero-order valence-corrected chi connectivity index (χ0v) is 18.0. The van der Waals surface area contributed by atoms with Gasteiger partial charge in [0.15, 0.2) is 15.3 Å². The van der Waals surface area contributed by atoms with E-state index in [0.29, 0.717) is 22.4 Å². The molecule has 0 spiro atoms. The van der Waals surface area contributed by atoms with Gasteiger partial charge >= 0.3 is 0 Å². The van der Waals surface area contributed by atoms with Crippen molar-refractivity contribution in [2.45, 2.75) is 11.8 Å². The lowest BCUT2D eigenvalue weighted by molar-refractivity contribution is 0.0954. The second-order valence-corrected chi connectivity index (χ2v) is 8.66. The van der Waals surface area contributed by atoms with Crippen LogP contribution in [-0.2, 0) is 14.6 Å². The van der Waals surface area contributed by atoms with Crippen molar-refractivity contribution in [2.24, 2.45) is 0 Å². The number of hydrogen-bond acceptors (Lipinski definition) is 4. The third-order valence-corrected chi connectivity index (χ3v) is 6.11. The lowest BCUT2D eigenvalue weighted by atomic mass is 10.0. The van der Waals surface area contributed by atoms with E-state index in [9.17, 15) is 17.9 Å². The van der Waals surface area contributed by atoms with Crippen molar-refractivity contribution in [3.8, 4) is 16.9 Å². The van der Waals surface area contributed by atoms with Gasteiger partial charge in [-0.25, -0.2) is 4.39 Å². The molecule has 2 N–H and O–H groups in total. The largest absolute Gasteiger partial charge is 0.593 e. The third kappa shape index (κ3) is 5.75.